The van der Waals surface area contributed by atoms with Crippen LogP contribution in [0.15, 0.2) is 38.0 Å². The fourth-order valence-electron chi connectivity index (χ4n) is 1.45. The van der Waals surface area contributed by atoms with Crippen LogP contribution in [0.1, 0.15) is 13.3 Å². The Bertz CT molecular complexity index is 222. The first-order chi connectivity index (χ1) is 8.68. The summed E-state index contributed by atoms with van der Waals surface area (Å²) in [6.07, 6.45) is 6.13. The summed E-state index contributed by atoms with van der Waals surface area (Å²) in [5.74, 6) is 0. The highest BCUT2D eigenvalue weighted by molar-refractivity contribution is 4.76. The maximum absolute atomic E-state index is 5.54. The molecule has 0 aromatic carbocycles. The zero-order valence-electron chi connectivity index (χ0n) is 11.5. The highest BCUT2D eigenvalue weighted by Crippen LogP contribution is 2.22. The number of hydrogen-bond donors (Lipinski definition) is 0. The molecule has 0 amide bonds. The third kappa shape index (κ3) is 9.16. The zero-order chi connectivity index (χ0) is 13.7. The van der Waals surface area contributed by atoms with E-state index in [1.807, 2.05) is 0 Å². The fourth-order valence-corrected chi connectivity index (χ4v) is 1.45. The maximum Gasteiger partial charge on any atom is 0.0645 e. The molecule has 0 heterocycles. The Morgan fingerprint density at radius 3 is 1.72 bits per heavy atom. The Hall–Kier alpha value is -0.900. The molecule has 0 aromatic rings. The van der Waals surface area contributed by atoms with E-state index in [4.69, 9.17) is 14.2 Å². The lowest BCUT2D eigenvalue weighted by molar-refractivity contribution is -0.0172. The Kier molecular flexibility index (Phi) is 10.6. The molecule has 0 N–H and O–H groups in total. The van der Waals surface area contributed by atoms with Crippen molar-refractivity contribution in [3.8, 4) is 0 Å². The second-order valence-corrected chi connectivity index (χ2v) is 4.53. The average molecular weight is 254 g/mol. The van der Waals surface area contributed by atoms with Gasteiger partial charge in [0.1, 0.15) is 0 Å². The third-order valence-corrected chi connectivity index (χ3v) is 2.46. The molecule has 0 unspecified atom stereocenters. The van der Waals surface area contributed by atoms with Gasteiger partial charge in [-0.3, -0.25) is 0 Å². The highest BCUT2D eigenvalue weighted by Gasteiger charge is 2.24. The molecule has 0 atom stereocenters. The highest BCUT2D eigenvalue weighted by atomic mass is 16.5. The summed E-state index contributed by atoms with van der Waals surface area (Å²) in [6, 6.07) is 0. The monoisotopic (exact) mass is 254 g/mol. The van der Waals surface area contributed by atoms with E-state index in [1.54, 1.807) is 18.2 Å². The van der Waals surface area contributed by atoms with Crippen LogP contribution in [0, 0.1) is 5.41 Å². The minimum Gasteiger partial charge on any atom is -0.377 e. The molecule has 104 valence electrons. The predicted molar refractivity (Wildman–Crippen MR) is 75.8 cm³/mol. The van der Waals surface area contributed by atoms with E-state index >= 15 is 0 Å². The lowest BCUT2D eigenvalue weighted by Gasteiger charge is -2.28. The molecular weight excluding hydrogens is 228 g/mol. The molecule has 0 aliphatic carbocycles. The van der Waals surface area contributed by atoms with Crippen molar-refractivity contribution in [1.29, 1.82) is 0 Å². The minimum atomic E-state index is -0.0484. The van der Waals surface area contributed by atoms with Crippen molar-refractivity contribution in [3.63, 3.8) is 0 Å². The topological polar surface area (TPSA) is 27.7 Å². The van der Waals surface area contributed by atoms with Gasteiger partial charge in [0.25, 0.3) is 0 Å². The fraction of sp³-hybridized carbons (Fsp3) is 0.600. The van der Waals surface area contributed by atoms with Crippen LogP contribution >= 0.6 is 0 Å². The van der Waals surface area contributed by atoms with E-state index in [0.29, 0.717) is 39.6 Å². The van der Waals surface area contributed by atoms with Gasteiger partial charge in [0.15, 0.2) is 0 Å². The number of ether oxygens (including phenoxy) is 3. The van der Waals surface area contributed by atoms with Crippen molar-refractivity contribution in [3.05, 3.63) is 38.0 Å². The van der Waals surface area contributed by atoms with Crippen molar-refractivity contribution in [2.45, 2.75) is 13.3 Å². The molecule has 0 saturated carbocycles. The summed E-state index contributed by atoms with van der Waals surface area (Å²) in [6.45, 7) is 16.7. The zero-order valence-corrected chi connectivity index (χ0v) is 11.5. The first-order valence-corrected chi connectivity index (χ1v) is 6.24. The number of hydrogen-bond acceptors (Lipinski definition) is 3. The van der Waals surface area contributed by atoms with Gasteiger partial charge in [-0.05, 0) is 6.42 Å². The molecule has 0 spiro atoms. The van der Waals surface area contributed by atoms with Crippen LogP contribution in [-0.4, -0.2) is 39.6 Å². The lowest BCUT2D eigenvalue weighted by Crippen LogP contribution is -2.31. The molecule has 0 rings (SSSR count). The Balaban J connectivity index is 4.05. The second kappa shape index (κ2) is 11.2. The average Bonchev–Trinajstić information content (AvgIpc) is 2.36. The Morgan fingerprint density at radius 2 is 1.28 bits per heavy atom. The molecule has 0 bridgehead atoms. The van der Waals surface area contributed by atoms with E-state index in [9.17, 15) is 0 Å². The van der Waals surface area contributed by atoms with Crippen molar-refractivity contribution in [1.82, 2.24) is 0 Å². The first kappa shape index (κ1) is 17.1. The summed E-state index contributed by atoms with van der Waals surface area (Å²) in [5.41, 5.74) is -0.0484. The van der Waals surface area contributed by atoms with Crippen molar-refractivity contribution in [2.75, 3.05) is 39.6 Å². The standard InChI is InChI=1S/C15H26O3/c1-5-9-16-12-8-15(4,13-17-10-6-2)14-18-11-7-3/h5-7H,1-3,8-14H2,4H3. The summed E-state index contributed by atoms with van der Waals surface area (Å²) in [7, 11) is 0. The minimum absolute atomic E-state index is 0.0484. The van der Waals surface area contributed by atoms with Gasteiger partial charge in [-0.15, -0.1) is 19.7 Å². The summed E-state index contributed by atoms with van der Waals surface area (Å²) in [5, 5.41) is 0. The van der Waals surface area contributed by atoms with Crippen molar-refractivity contribution in [2.24, 2.45) is 5.41 Å². The molecule has 3 nitrogen and oxygen atoms in total. The van der Waals surface area contributed by atoms with Crippen LogP contribution in [0.2, 0.25) is 0 Å². The SMILES string of the molecule is C=CCOCCC(C)(COCC=C)COCC=C. The largest absolute Gasteiger partial charge is 0.377 e. The van der Waals surface area contributed by atoms with Crippen LogP contribution in [0.4, 0.5) is 0 Å². The predicted octanol–water partition coefficient (Wildman–Crippen LogP) is 2.99. The smallest absolute Gasteiger partial charge is 0.0645 e. The molecular formula is C15H26O3. The molecule has 3 heteroatoms. The molecule has 18 heavy (non-hydrogen) atoms. The summed E-state index contributed by atoms with van der Waals surface area (Å²) >= 11 is 0. The van der Waals surface area contributed by atoms with Crippen LogP contribution in [0.25, 0.3) is 0 Å². The molecule has 0 fully saturated rings. The van der Waals surface area contributed by atoms with E-state index in [1.165, 1.54) is 0 Å². The van der Waals surface area contributed by atoms with E-state index in [2.05, 4.69) is 26.7 Å². The van der Waals surface area contributed by atoms with E-state index in [0.717, 1.165) is 6.42 Å². The van der Waals surface area contributed by atoms with E-state index < -0.39 is 0 Å². The van der Waals surface area contributed by atoms with Crippen molar-refractivity contribution >= 4 is 0 Å². The van der Waals surface area contributed by atoms with Crippen molar-refractivity contribution < 1.29 is 14.2 Å². The van der Waals surface area contributed by atoms with Gasteiger partial charge in [-0.1, -0.05) is 25.2 Å². The molecule has 0 aliphatic rings. The maximum atomic E-state index is 5.54. The number of rotatable bonds is 13. The third-order valence-electron chi connectivity index (χ3n) is 2.46. The Labute approximate surface area is 111 Å². The second-order valence-electron chi connectivity index (χ2n) is 4.53. The lowest BCUT2D eigenvalue weighted by atomic mass is 9.89. The van der Waals surface area contributed by atoms with Crippen LogP contribution in [0.5, 0.6) is 0 Å². The van der Waals surface area contributed by atoms with Gasteiger partial charge in [-0.25, -0.2) is 0 Å². The van der Waals surface area contributed by atoms with Gasteiger partial charge >= 0.3 is 0 Å². The first-order valence-electron chi connectivity index (χ1n) is 6.24. The molecule has 0 aromatic heterocycles. The van der Waals surface area contributed by atoms with Crippen LogP contribution in [-0.2, 0) is 14.2 Å². The molecule has 0 radical (unpaired) electrons. The van der Waals surface area contributed by atoms with Crippen LogP contribution in [0.3, 0.4) is 0 Å². The van der Waals surface area contributed by atoms with Gasteiger partial charge in [0.2, 0.25) is 0 Å². The van der Waals surface area contributed by atoms with Gasteiger partial charge in [0, 0.05) is 12.0 Å². The van der Waals surface area contributed by atoms with Gasteiger partial charge < -0.3 is 14.2 Å². The molecule has 0 aliphatic heterocycles. The van der Waals surface area contributed by atoms with E-state index in [-0.39, 0.29) is 5.41 Å². The summed E-state index contributed by atoms with van der Waals surface area (Å²) in [4.78, 5) is 0. The van der Waals surface area contributed by atoms with Crippen LogP contribution < -0.4 is 0 Å². The quantitative estimate of drug-likeness (QED) is 0.373. The molecule has 0 saturated heterocycles. The van der Waals surface area contributed by atoms with Gasteiger partial charge in [0.05, 0.1) is 33.0 Å². The normalized spacial score (nSPS) is 11.2. The Morgan fingerprint density at radius 1 is 0.833 bits per heavy atom. The summed E-state index contributed by atoms with van der Waals surface area (Å²) < 4.78 is 16.5. The van der Waals surface area contributed by atoms with Gasteiger partial charge in [-0.2, -0.15) is 0 Å².